The van der Waals surface area contributed by atoms with Crippen LogP contribution < -0.4 is 0 Å². The number of aryl methyl sites for hydroxylation is 2. The number of hydrogen-bond donors (Lipinski definition) is 0. The summed E-state index contributed by atoms with van der Waals surface area (Å²) in [6.07, 6.45) is 95.9. The van der Waals surface area contributed by atoms with E-state index in [9.17, 15) is 5.53 Å². The van der Waals surface area contributed by atoms with Gasteiger partial charge in [-0.2, -0.15) is 0 Å². The number of benzene rings is 2. The molecule has 0 aliphatic carbocycles. The molecule has 0 atom stereocenters. The van der Waals surface area contributed by atoms with Gasteiger partial charge in [0.05, 0.1) is 5.57 Å². The summed E-state index contributed by atoms with van der Waals surface area (Å²) in [5, 5.41) is 0. The molecule has 2 heteroatoms. The van der Waals surface area contributed by atoms with Gasteiger partial charge in [0.2, 0.25) is 11.4 Å². The molecule has 0 bridgehead atoms. The highest BCUT2D eigenvalue weighted by Crippen LogP contribution is 2.45. The van der Waals surface area contributed by atoms with Crippen molar-refractivity contribution in [1.82, 2.24) is 0 Å². The Balaban J connectivity index is 1.52. The number of nitrogens with zero attached hydrogens (tertiary/aromatic N) is 2. The smallest absolute Gasteiger partial charge is 0.215 e. The Kier molecular flexibility index (Phi) is 53.9. The van der Waals surface area contributed by atoms with Crippen molar-refractivity contribution in [3.05, 3.63) is 124 Å². The maximum absolute atomic E-state index is 12.8. The molecule has 0 amide bonds. The lowest BCUT2D eigenvalue weighted by Crippen LogP contribution is -2.06. The second kappa shape index (κ2) is 60.0. The highest BCUT2D eigenvalue weighted by atomic mass is 15.2. The second-order valence-corrected chi connectivity index (χ2v) is 27.7. The molecular weight excluding hydrogens is 1060 g/mol. The fraction of sp³-hybridized carbons (Fsp3) is 0.744. The van der Waals surface area contributed by atoms with Crippen molar-refractivity contribution >= 4 is 11.4 Å². The van der Waals surface area contributed by atoms with Gasteiger partial charge in [0.15, 0.2) is 0 Å². The van der Waals surface area contributed by atoms with E-state index in [4.69, 9.17) is 0 Å². The Morgan fingerprint density at radius 2 is 0.511 bits per heavy atom. The summed E-state index contributed by atoms with van der Waals surface area (Å²) < 4.78 is 1.64. The van der Waals surface area contributed by atoms with Crippen LogP contribution in [0.25, 0.3) is 16.9 Å². The van der Waals surface area contributed by atoms with E-state index in [1.807, 2.05) is 0 Å². The topological polar surface area (TPSA) is 25.3 Å². The third kappa shape index (κ3) is 40.6. The van der Waals surface area contributed by atoms with Gasteiger partial charge >= 0.3 is 0 Å². The summed E-state index contributed by atoms with van der Waals surface area (Å²) in [4.78, 5) is 0. The molecule has 0 N–H and O–H groups in total. The predicted molar refractivity (Wildman–Crippen MR) is 396 cm³/mol. The lowest BCUT2D eigenvalue weighted by atomic mass is 9.91. The molecule has 88 heavy (non-hydrogen) atoms. The first kappa shape index (κ1) is 79.0. The summed E-state index contributed by atoms with van der Waals surface area (Å²) in [5.74, 6) is 0. The molecule has 0 aromatic heterocycles. The van der Waals surface area contributed by atoms with E-state index >= 15 is 0 Å². The highest BCUT2D eigenvalue weighted by Gasteiger charge is 2.36. The van der Waals surface area contributed by atoms with Gasteiger partial charge in [-0.25, -0.2) is 4.70 Å². The van der Waals surface area contributed by atoms with Gasteiger partial charge in [-0.1, -0.05) is 396 Å². The Hall–Kier alpha value is -3.26. The molecule has 1 heterocycles. The largest absolute Gasteiger partial charge is 0.493 e. The molecule has 0 saturated carbocycles. The first-order valence-corrected chi connectivity index (χ1v) is 39.8. The zero-order chi connectivity index (χ0) is 62.5. The third-order valence-electron chi connectivity index (χ3n) is 19.5. The van der Waals surface area contributed by atoms with Crippen LogP contribution in [0, 0.1) is 0 Å². The average molecular weight is 1210 g/mol. The zero-order valence-corrected chi connectivity index (χ0v) is 59.4. The van der Waals surface area contributed by atoms with Crippen LogP contribution >= 0.6 is 0 Å². The third-order valence-corrected chi connectivity index (χ3v) is 19.5. The van der Waals surface area contributed by atoms with Crippen molar-refractivity contribution in [3.8, 4) is 0 Å². The molecule has 0 unspecified atom stereocenters. The summed E-state index contributed by atoms with van der Waals surface area (Å²) in [7, 11) is 0. The van der Waals surface area contributed by atoms with Crippen LogP contribution in [0.4, 0.5) is 0 Å². The maximum atomic E-state index is 12.8. The lowest BCUT2D eigenvalue weighted by Gasteiger charge is -2.15. The number of unbranched alkanes of at least 4 members (excludes halogenated alkanes) is 51. The van der Waals surface area contributed by atoms with E-state index < -0.39 is 0 Å². The first-order valence-electron chi connectivity index (χ1n) is 39.8. The fourth-order valence-electron chi connectivity index (χ4n) is 13.8. The Labute approximate surface area is 549 Å². The van der Waals surface area contributed by atoms with E-state index in [1.165, 1.54) is 354 Å². The second-order valence-electron chi connectivity index (χ2n) is 27.7. The van der Waals surface area contributed by atoms with Crippen LogP contribution in [0.3, 0.4) is 0 Å². The molecule has 0 radical (unpaired) electrons. The van der Waals surface area contributed by atoms with Crippen molar-refractivity contribution in [3.63, 3.8) is 0 Å². The van der Waals surface area contributed by atoms with Crippen LogP contribution in [0.15, 0.2) is 96.1 Å². The van der Waals surface area contributed by atoms with Crippen molar-refractivity contribution in [2.45, 2.75) is 413 Å². The molecule has 1 aliphatic rings. The minimum atomic E-state index is 0.966. The van der Waals surface area contributed by atoms with Crippen molar-refractivity contribution in [2.75, 3.05) is 0 Å². The molecule has 2 nitrogen and oxygen atoms in total. The SMILES string of the molecule is CCCCCCCCCCCCCC=CCCCc1ccccc1C1=C(C=CCCCCCCCCCCCCCCCCCCCCCCCCCCCC)C(CCCC)=C(c2ccccc2CCCC=CCCCCCCCCCCCCC)[N+]1=[N-]. The van der Waals surface area contributed by atoms with E-state index in [1.54, 1.807) is 4.70 Å². The number of allylic oxidation sites excluding steroid dienone is 8. The van der Waals surface area contributed by atoms with Gasteiger partial charge in [-0.3, -0.25) is 0 Å². The lowest BCUT2D eigenvalue weighted by molar-refractivity contribution is -0.345. The van der Waals surface area contributed by atoms with E-state index in [-0.39, 0.29) is 0 Å². The van der Waals surface area contributed by atoms with Gasteiger partial charge in [0, 0.05) is 16.7 Å². The number of hydrogen-bond acceptors (Lipinski definition) is 0. The monoisotopic (exact) mass is 1210 g/mol. The normalized spacial score (nSPS) is 13.0. The van der Waals surface area contributed by atoms with Crippen LogP contribution in [0.2, 0.25) is 0 Å². The maximum Gasteiger partial charge on any atom is 0.215 e. The zero-order valence-electron chi connectivity index (χ0n) is 59.4. The molecule has 1 aliphatic heterocycles. The van der Waals surface area contributed by atoms with Crippen LogP contribution in [0.5, 0.6) is 0 Å². The van der Waals surface area contributed by atoms with Crippen LogP contribution in [0.1, 0.15) is 422 Å². The van der Waals surface area contributed by atoms with Crippen LogP contribution in [-0.4, -0.2) is 4.70 Å². The average Bonchev–Trinajstić information content (AvgIpc) is 1.95. The molecule has 2 aromatic rings. The highest BCUT2D eigenvalue weighted by molar-refractivity contribution is 5.85. The van der Waals surface area contributed by atoms with E-state index in [0.717, 1.165) is 75.6 Å². The quantitative estimate of drug-likeness (QED) is 0.0358. The molecule has 3 rings (SSSR count). The van der Waals surface area contributed by atoms with Crippen molar-refractivity contribution < 1.29 is 4.70 Å². The Bertz CT molecular complexity index is 2060. The van der Waals surface area contributed by atoms with E-state index in [0.29, 0.717) is 0 Å². The molecule has 2 aromatic carbocycles. The summed E-state index contributed by atoms with van der Waals surface area (Å²) >= 11 is 0. The molecule has 0 spiro atoms. The Morgan fingerprint density at radius 3 is 0.818 bits per heavy atom. The van der Waals surface area contributed by atoms with Crippen molar-refractivity contribution in [2.24, 2.45) is 0 Å². The van der Waals surface area contributed by atoms with Gasteiger partial charge < -0.3 is 5.53 Å². The molecule has 0 saturated heterocycles. The molecule has 500 valence electrons. The van der Waals surface area contributed by atoms with Gasteiger partial charge in [-0.05, 0) is 113 Å². The molecular formula is C86H146N2. The fourth-order valence-corrected chi connectivity index (χ4v) is 13.8. The summed E-state index contributed by atoms with van der Waals surface area (Å²) in [6.45, 7) is 9.24. The summed E-state index contributed by atoms with van der Waals surface area (Å²) in [5.41, 5.74) is 22.5. The molecule has 0 fully saturated rings. The van der Waals surface area contributed by atoms with E-state index in [2.05, 4.69) is 113 Å². The van der Waals surface area contributed by atoms with Gasteiger partial charge in [-0.15, -0.1) is 0 Å². The predicted octanol–water partition coefficient (Wildman–Crippen LogP) is 30.3. The van der Waals surface area contributed by atoms with Crippen LogP contribution in [-0.2, 0) is 12.8 Å². The summed E-state index contributed by atoms with van der Waals surface area (Å²) in [6, 6.07) is 18.1. The minimum Gasteiger partial charge on any atom is -0.493 e. The van der Waals surface area contributed by atoms with Crippen molar-refractivity contribution in [1.29, 1.82) is 0 Å². The Morgan fingerprint density at radius 1 is 0.261 bits per heavy atom. The van der Waals surface area contributed by atoms with Gasteiger partial charge in [0.25, 0.3) is 0 Å². The standard InChI is InChI=1S/C86H146N2/c1-5-9-13-16-19-22-25-28-31-34-35-36-37-38-39-40-41-42-43-44-45-48-51-54-57-60-63-66-78-84-83(75-12-8-4)85(81-76-69-67-73-79(81)71-64-61-58-55-52-49-46-32-29-26-23-20-17-14-10-6-2)88(87)86(84)82-77-70-68-74-80(82)72-65-62-59-56-53-50-47-33-30-27-24-21-18-15-11-7-3/h55-56,58-59,66-70,73-74,76-78H,5-54,57,60-65,71-72,75H2,1-4H3. The first-order chi connectivity index (χ1) is 43.7. The number of rotatable bonds is 65. The van der Waals surface area contributed by atoms with Gasteiger partial charge in [0.1, 0.15) is 0 Å². The minimum absolute atomic E-state index is 0.966.